The van der Waals surface area contributed by atoms with E-state index < -0.39 is 0 Å². The van der Waals surface area contributed by atoms with E-state index in [1.165, 1.54) is 7.05 Å². The van der Waals surface area contributed by atoms with Crippen molar-refractivity contribution in [3.8, 4) is 0 Å². The van der Waals surface area contributed by atoms with Crippen molar-refractivity contribution in [3.05, 3.63) is 47.2 Å². The van der Waals surface area contributed by atoms with Gasteiger partial charge in [-0.15, -0.1) is 0 Å². The SMILES string of the molecule is CC.CCOC(=O)C1=C[N+](Cc2ccc(CC=O)cc2)=C1.CN. The standard InChI is InChI=1S/C15H16NO3.C2H6.CH5N/c1-2-19-15(18)14-10-16(11-14)9-13-5-3-12(4-6-13)7-8-17;2*1-2/h3-6,8,10-11H,2,7,9H2,1H3;1-2H3;2H2,1H3/q+1;;. The van der Waals surface area contributed by atoms with Crippen molar-refractivity contribution in [1.29, 1.82) is 0 Å². The minimum atomic E-state index is -0.278. The number of rotatable bonds is 6. The lowest BCUT2D eigenvalue weighted by Crippen LogP contribution is -2.23. The maximum atomic E-state index is 11.4. The molecule has 0 aromatic heterocycles. The highest BCUT2D eigenvalue weighted by Gasteiger charge is 2.24. The minimum absolute atomic E-state index is 0.278. The zero-order valence-electron chi connectivity index (χ0n) is 14.4. The van der Waals surface area contributed by atoms with Crippen LogP contribution in [0, 0.1) is 0 Å². The predicted octanol–water partition coefficient (Wildman–Crippen LogP) is 2.07. The van der Waals surface area contributed by atoms with Crippen LogP contribution in [0.3, 0.4) is 0 Å². The summed E-state index contributed by atoms with van der Waals surface area (Å²) in [5.74, 6) is -0.278. The molecular weight excluding hydrogens is 292 g/mol. The number of benzene rings is 1. The summed E-state index contributed by atoms with van der Waals surface area (Å²) >= 11 is 0. The molecule has 1 aliphatic rings. The van der Waals surface area contributed by atoms with E-state index in [9.17, 15) is 9.59 Å². The van der Waals surface area contributed by atoms with Gasteiger partial charge in [0.2, 0.25) is 0 Å². The first-order valence-electron chi connectivity index (χ1n) is 7.81. The fourth-order valence-corrected chi connectivity index (χ4v) is 1.84. The number of ether oxygens (including phenoxy) is 1. The average molecular weight is 319 g/mol. The van der Waals surface area contributed by atoms with Gasteiger partial charge in [-0.2, -0.15) is 4.58 Å². The van der Waals surface area contributed by atoms with Gasteiger partial charge in [0.05, 0.1) is 6.61 Å². The molecule has 1 aromatic rings. The quantitative estimate of drug-likeness (QED) is 0.495. The average Bonchev–Trinajstić information content (AvgIpc) is 2.56. The van der Waals surface area contributed by atoms with Gasteiger partial charge in [0.25, 0.3) is 0 Å². The Morgan fingerprint density at radius 2 is 1.70 bits per heavy atom. The van der Waals surface area contributed by atoms with Gasteiger partial charge in [-0.3, -0.25) is 0 Å². The van der Waals surface area contributed by atoms with Crippen molar-refractivity contribution >= 4 is 18.5 Å². The molecule has 5 nitrogen and oxygen atoms in total. The van der Waals surface area contributed by atoms with Crippen LogP contribution in [0.2, 0.25) is 0 Å². The van der Waals surface area contributed by atoms with Crippen LogP contribution in [-0.4, -0.2) is 36.7 Å². The maximum Gasteiger partial charge on any atom is 0.350 e. The molecule has 0 bridgehead atoms. The highest BCUT2D eigenvalue weighted by molar-refractivity contribution is 6.09. The first-order valence-corrected chi connectivity index (χ1v) is 7.81. The Labute approximate surface area is 138 Å². The Bertz CT molecular complexity index is 546. The third kappa shape index (κ3) is 7.02. The number of carbonyl (C=O) groups is 2. The van der Waals surface area contributed by atoms with Crippen LogP contribution in [0.15, 0.2) is 36.0 Å². The molecule has 1 aromatic carbocycles. The number of esters is 1. The summed E-state index contributed by atoms with van der Waals surface area (Å²) in [5.41, 5.74) is 7.23. The van der Waals surface area contributed by atoms with Gasteiger partial charge >= 0.3 is 5.97 Å². The Balaban J connectivity index is 0.00000112. The van der Waals surface area contributed by atoms with E-state index in [1.807, 2.05) is 42.7 Å². The molecule has 0 saturated carbocycles. The largest absolute Gasteiger partial charge is 0.462 e. The van der Waals surface area contributed by atoms with E-state index in [0.29, 0.717) is 25.1 Å². The van der Waals surface area contributed by atoms with Crippen molar-refractivity contribution in [3.63, 3.8) is 0 Å². The smallest absolute Gasteiger partial charge is 0.350 e. The third-order valence-corrected chi connectivity index (χ3v) is 2.83. The molecule has 23 heavy (non-hydrogen) atoms. The van der Waals surface area contributed by atoms with E-state index in [0.717, 1.165) is 17.4 Å². The first-order chi connectivity index (χ1) is 11.2. The van der Waals surface area contributed by atoms with Crippen LogP contribution >= 0.6 is 0 Å². The van der Waals surface area contributed by atoms with Crippen LogP contribution in [0.25, 0.3) is 0 Å². The summed E-state index contributed by atoms with van der Waals surface area (Å²) in [6.45, 7) is 6.89. The molecule has 1 aliphatic heterocycles. The molecule has 0 aliphatic carbocycles. The molecule has 0 saturated heterocycles. The summed E-state index contributed by atoms with van der Waals surface area (Å²) in [5, 5.41) is 0. The lowest BCUT2D eigenvalue weighted by molar-refractivity contribution is -0.480. The predicted molar refractivity (Wildman–Crippen MR) is 92.4 cm³/mol. The second-order valence-corrected chi connectivity index (χ2v) is 4.29. The van der Waals surface area contributed by atoms with Gasteiger partial charge in [-0.25, -0.2) is 4.79 Å². The number of hydrogen-bond donors (Lipinski definition) is 1. The zero-order valence-corrected chi connectivity index (χ0v) is 14.4. The molecule has 0 atom stereocenters. The van der Waals surface area contributed by atoms with Gasteiger partial charge in [0.15, 0.2) is 24.5 Å². The van der Waals surface area contributed by atoms with E-state index in [1.54, 1.807) is 19.3 Å². The second kappa shape index (κ2) is 12.3. The van der Waals surface area contributed by atoms with Gasteiger partial charge < -0.3 is 15.3 Å². The van der Waals surface area contributed by atoms with Crippen molar-refractivity contribution in [1.82, 2.24) is 0 Å². The van der Waals surface area contributed by atoms with Gasteiger partial charge in [0, 0.05) is 12.0 Å². The van der Waals surface area contributed by atoms with Crippen LogP contribution in [0.1, 0.15) is 31.9 Å². The molecule has 0 unspecified atom stereocenters. The summed E-state index contributed by atoms with van der Waals surface area (Å²) in [7, 11) is 1.50. The van der Waals surface area contributed by atoms with E-state index in [-0.39, 0.29) is 5.97 Å². The van der Waals surface area contributed by atoms with Crippen LogP contribution < -0.4 is 5.73 Å². The lowest BCUT2D eigenvalue weighted by atomic mass is 10.1. The van der Waals surface area contributed by atoms with Crippen LogP contribution in [0.4, 0.5) is 0 Å². The monoisotopic (exact) mass is 319 g/mol. The molecule has 1 heterocycles. The summed E-state index contributed by atoms with van der Waals surface area (Å²) in [4.78, 5) is 21.7. The van der Waals surface area contributed by atoms with E-state index in [2.05, 4.69) is 5.73 Å². The number of hydrogen-bond acceptors (Lipinski definition) is 4. The van der Waals surface area contributed by atoms with Crippen molar-refractivity contribution < 1.29 is 18.9 Å². The van der Waals surface area contributed by atoms with E-state index >= 15 is 0 Å². The molecule has 0 fully saturated rings. The minimum Gasteiger partial charge on any atom is -0.462 e. The Morgan fingerprint density at radius 1 is 1.17 bits per heavy atom. The summed E-state index contributed by atoms with van der Waals surface area (Å²) in [6.07, 6.45) is 4.89. The fourth-order valence-electron chi connectivity index (χ4n) is 1.84. The van der Waals surface area contributed by atoms with Crippen molar-refractivity contribution in [2.24, 2.45) is 5.73 Å². The Hall–Kier alpha value is -2.27. The topological polar surface area (TPSA) is 72.4 Å². The van der Waals surface area contributed by atoms with Crippen molar-refractivity contribution in [2.45, 2.75) is 33.7 Å². The number of aldehydes is 1. The third-order valence-electron chi connectivity index (χ3n) is 2.83. The molecule has 2 rings (SSSR count). The highest BCUT2D eigenvalue weighted by atomic mass is 16.5. The number of nitrogens with zero attached hydrogens (tertiary/aromatic N) is 1. The maximum absolute atomic E-state index is 11.4. The molecule has 5 heteroatoms. The normalized spacial score (nSPS) is 11.3. The van der Waals surface area contributed by atoms with Gasteiger partial charge in [0.1, 0.15) is 6.29 Å². The van der Waals surface area contributed by atoms with Crippen molar-refractivity contribution in [2.75, 3.05) is 13.7 Å². The summed E-state index contributed by atoms with van der Waals surface area (Å²) in [6, 6.07) is 7.87. The number of nitrogens with two attached hydrogens (primary N) is 1. The Kier molecular flexibility index (Phi) is 11.1. The number of carbonyl (C=O) groups excluding carboxylic acids is 2. The molecule has 126 valence electrons. The second-order valence-electron chi connectivity index (χ2n) is 4.29. The highest BCUT2D eigenvalue weighted by Crippen LogP contribution is 2.11. The van der Waals surface area contributed by atoms with Crippen LogP contribution in [0.5, 0.6) is 0 Å². The summed E-state index contributed by atoms with van der Waals surface area (Å²) < 4.78 is 6.82. The fraction of sp³-hybridized carbons (Fsp3) is 0.389. The Morgan fingerprint density at radius 3 is 2.17 bits per heavy atom. The molecule has 0 spiro atoms. The molecule has 0 amide bonds. The molecule has 2 N–H and O–H groups in total. The molecular formula is C18H27N2O3+. The van der Waals surface area contributed by atoms with Gasteiger partial charge in [-0.1, -0.05) is 38.1 Å². The van der Waals surface area contributed by atoms with Gasteiger partial charge in [-0.05, 0) is 19.5 Å². The zero-order chi connectivity index (χ0) is 17.7. The van der Waals surface area contributed by atoms with Crippen LogP contribution in [-0.2, 0) is 27.3 Å². The first kappa shape index (κ1) is 20.7. The molecule has 0 radical (unpaired) electrons. The lowest BCUT2D eigenvalue weighted by Gasteiger charge is -2.08. The van der Waals surface area contributed by atoms with E-state index in [4.69, 9.17) is 4.74 Å².